The van der Waals surface area contributed by atoms with Crippen molar-refractivity contribution < 1.29 is 14.3 Å². The van der Waals surface area contributed by atoms with E-state index in [2.05, 4.69) is 15.3 Å². The van der Waals surface area contributed by atoms with E-state index < -0.39 is 0 Å². The van der Waals surface area contributed by atoms with Crippen LogP contribution < -0.4 is 5.32 Å². The van der Waals surface area contributed by atoms with Crippen molar-refractivity contribution in [3.8, 4) is 0 Å². The molecule has 2 atom stereocenters. The Hall–Kier alpha value is -3.78. The second-order valence-electron chi connectivity index (χ2n) is 7.90. The maximum absolute atomic E-state index is 13.3. The molecule has 0 radical (unpaired) electrons. The first-order valence-corrected chi connectivity index (χ1v) is 10.2. The fourth-order valence-electron chi connectivity index (χ4n) is 4.55. The van der Waals surface area contributed by atoms with Gasteiger partial charge < -0.3 is 15.0 Å². The minimum Gasteiger partial charge on any atom is -0.374 e. The van der Waals surface area contributed by atoms with Gasteiger partial charge in [0.2, 0.25) is 5.82 Å². The van der Waals surface area contributed by atoms with E-state index in [0.717, 1.165) is 17.2 Å². The highest BCUT2D eigenvalue weighted by atomic mass is 16.5. The standard InChI is InChI=1S/C23H19N5O3/c29-22(25-18-5-3-4-14-11-24-8-7-17(14)18)20-19-6-1-2-9-27(19)21(26-20)23(30)28-12-16-10-15(28)13-31-16/h1-9,11,15-16H,10,12-13H2,(H,25,29)/t15-,16-/m1/s1. The molecule has 2 aliphatic rings. The van der Waals surface area contributed by atoms with Crippen LogP contribution in [0.15, 0.2) is 61.1 Å². The summed E-state index contributed by atoms with van der Waals surface area (Å²) >= 11 is 0. The Labute approximate surface area is 177 Å². The largest absolute Gasteiger partial charge is 0.374 e. The molecule has 0 spiro atoms. The van der Waals surface area contributed by atoms with Crippen LogP contribution in [0.3, 0.4) is 0 Å². The maximum atomic E-state index is 13.3. The summed E-state index contributed by atoms with van der Waals surface area (Å²) in [6.45, 7) is 1.12. The summed E-state index contributed by atoms with van der Waals surface area (Å²) in [5.74, 6) is -0.291. The Balaban J connectivity index is 1.38. The molecule has 0 aliphatic carbocycles. The lowest BCUT2D eigenvalue weighted by atomic mass is 10.1. The number of fused-ring (bicyclic) bond motifs is 4. The van der Waals surface area contributed by atoms with Gasteiger partial charge in [0.05, 0.1) is 24.3 Å². The smallest absolute Gasteiger partial charge is 0.290 e. The Bertz CT molecular complexity index is 1340. The third kappa shape index (κ3) is 2.87. The lowest BCUT2D eigenvalue weighted by Crippen LogP contribution is -2.42. The summed E-state index contributed by atoms with van der Waals surface area (Å²) in [6.07, 6.45) is 6.16. The zero-order chi connectivity index (χ0) is 20.9. The molecule has 8 nitrogen and oxygen atoms in total. The van der Waals surface area contributed by atoms with Gasteiger partial charge in [-0.25, -0.2) is 4.98 Å². The van der Waals surface area contributed by atoms with E-state index in [0.29, 0.717) is 24.4 Å². The number of imidazole rings is 1. The van der Waals surface area contributed by atoms with Gasteiger partial charge in [-0.2, -0.15) is 0 Å². The van der Waals surface area contributed by atoms with Gasteiger partial charge in [-0.1, -0.05) is 18.2 Å². The zero-order valence-electron chi connectivity index (χ0n) is 16.6. The molecular weight excluding hydrogens is 394 g/mol. The van der Waals surface area contributed by atoms with Crippen molar-refractivity contribution in [1.82, 2.24) is 19.3 Å². The van der Waals surface area contributed by atoms with Crippen LogP contribution in [0.2, 0.25) is 0 Å². The van der Waals surface area contributed by atoms with Crippen LogP contribution in [0, 0.1) is 0 Å². The Morgan fingerprint density at radius 2 is 2.06 bits per heavy atom. The molecule has 2 saturated heterocycles. The van der Waals surface area contributed by atoms with E-state index in [4.69, 9.17) is 4.74 Å². The molecule has 8 heteroatoms. The number of morpholine rings is 1. The monoisotopic (exact) mass is 413 g/mol. The lowest BCUT2D eigenvalue weighted by Gasteiger charge is -2.26. The van der Waals surface area contributed by atoms with Crippen molar-refractivity contribution in [1.29, 1.82) is 0 Å². The molecular formula is C23H19N5O3. The Kier molecular flexibility index (Phi) is 4.00. The summed E-state index contributed by atoms with van der Waals surface area (Å²) in [5.41, 5.74) is 1.48. The van der Waals surface area contributed by atoms with Gasteiger partial charge in [-0.05, 0) is 30.7 Å². The molecule has 2 amide bonds. The normalized spacial score (nSPS) is 19.9. The molecule has 154 valence electrons. The van der Waals surface area contributed by atoms with E-state index in [1.807, 2.05) is 41.3 Å². The minimum absolute atomic E-state index is 0.0788. The van der Waals surface area contributed by atoms with Crippen LogP contribution in [0.5, 0.6) is 0 Å². The number of carbonyl (C=O) groups excluding carboxylic acids is 2. The summed E-state index contributed by atoms with van der Waals surface area (Å²) in [7, 11) is 0. The highest BCUT2D eigenvalue weighted by molar-refractivity contribution is 6.12. The number of carbonyl (C=O) groups is 2. The van der Waals surface area contributed by atoms with Crippen LogP contribution in [-0.4, -0.2) is 56.4 Å². The van der Waals surface area contributed by atoms with Gasteiger partial charge in [-0.3, -0.25) is 19.0 Å². The quantitative estimate of drug-likeness (QED) is 0.558. The number of hydrogen-bond acceptors (Lipinski definition) is 5. The zero-order valence-corrected chi connectivity index (χ0v) is 16.6. The molecule has 6 rings (SSSR count). The highest BCUT2D eigenvalue weighted by Gasteiger charge is 2.43. The summed E-state index contributed by atoms with van der Waals surface area (Å²) < 4.78 is 7.30. The van der Waals surface area contributed by atoms with Crippen molar-refractivity contribution in [2.24, 2.45) is 0 Å². The molecule has 0 saturated carbocycles. The van der Waals surface area contributed by atoms with E-state index in [9.17, 15) is 9.59 Å². The number of ether oxygens (including phenoxy) is 1. The number of pyridine rings is 2. The van der Waals surface area contributed by atoms with Crippen molar-refractivity contribution in [3.63, 3.8) is 0 Å². The first-order chi connectivity index (χ1) is 15.2. The first-order valence-electron chi connectivity index (χ1n) is 10.2. The second-order valence-corrected chi connectivity index (χ2v) is 7.90. The fourth-order valence-corrected chi connectivity index (χ4v) is 4.55. The highest BCUT2D eigenvalue weighted by Crippen LogP contribution is 2.30. The van der Waals surface area contributed by atoms with Gasteiger partial charge in [0, 0.05) is 41.6 Å². The summed E-state index contributed by atoms with van der Waals surface area (Å²) in [5, 5.41) is 4.77. The number of anilines is 1. The van der Waals surface area contributed by atoms with Gasteiger partial charge in [0.15, 0.2) is 5.69 Å². The number of rotatable bonds is 3. The van der Waals surface area contributed by atoms with Gasteiger partial charge in [0.25, 0.3) is 11.8 Å². The minimum atomic E-state index is -0.363. The third-order valence-corrected chi connectivity index (χ3v) is 6.04. The van der Waals surface area contributed by atoms with Crippen molar-refractivity contribution >= 4 is 33.8 Å². The van der Waals surface area contributed by atoms with Crippen LogP contribution in [0.4, 0.5) is 5.69 Å². The first kappa shape index (κ1) is 18.0. The average Bonchev–Trinajstić information content (AvgIpc) is 3.53. The number of nitrogens with one attached hydrogen (secondary N) is 1. The Morgan fingerprint density at radius 3 is 2.90 bits per heavy atom. The van der Waals surface area contributed by atoms with E-state index in [1.165, 1.54) is 0 Å². The number of hydrogen-bond donors (Lipinski definition) is 1. The second kappa shape index (κ2) is 6.88. The SMILES string of the molecule is O=C(Nc1cccc2cnccc12)c1nc(C(=O)N2C[C@H]3C[C@@H]2CO3)n2ccccc12. The average molecular weight is 413 g/mol. The molecule has 2 bridgehead atoms. The lowest BCUT2D eigenvalue weighted by molar-refractivity contribution is 0.0251. The molecule has 5 heterocycles. The predicted octanol–water partition coefficient (Wildman–Crippen LogP) is 2.75. The van der Waals surface area contributed by atoms with Crippen LogP contribution in [0.1, 0.15) is 27.5 Å². The van der Waals surface area contributed by atoms with Crippen molar-refractivity contribution in [2.45, 2.75) is 18.6 Å². The van der Waals surface area contributed by atoms with Crippen molar-refractivity contribution in [2.75, 3.05) is 18.5 Å². The molecule has 1 N–H and O–H groups in total. The predicted molar refractivity (Wildman–Crippen MR) is 114 cm³/mol. The molecule has 4 aromatic rings. The summed E-state index contributed by atoms with van der Waals surface area (Å²) in [4.78, 5) is 36.9. The molecule has 31 heavy (non-hydrogen) atoms. The molecule has 2 aliphatic heterocycles. The van der Waals surface area contributed by atoms with Crippen LogP contribution in [0.25, 0.3) is 16.3 Å². The van der Waals surface area contributed by atoms with Gasteiger partial charge in [-0.15, -0.1) is 0 Å². The molecule has 1 aromatic carbocycles. The number of likely N-dealkylation sites (tertiary alicyclic amines) is 1. The number of aromatic nitrogens is 3. The van der Waals surface area contributed by atoms with Gasteiger partial charge in [0.1, 0.15) is 0 Å². The molecule has 2 fully saturated rings. The number of nitrogens with zero attached hydrogens (tertiary/aromatic N) is 4. The summed E-state index contributed by atoms with van der Waals surface area (Å²) in [6, 6.07) is 13.0. The van der Waals surface area contributed by atoms with E-state index >= 15 is 0 Å². The van der Waals surface area contributed by atoms with E-state index in [-0.39, 0.29) is 35.5 Å². The van der Waals surface area contributed by atoms with Crippen LogP contribution >= 0.6 is 0 Å². The van der Waals surface area contributed by atoms with Crippen LogP contribution in [-0.2, 0) is 4.74 Å². The number of benzene rings is 1. The van der Waals surface area contributed by atoms with Gasteiger partial charge >= 0.3 is 0 Å². The van der Waals surface area contributed by atoms with Crippen molar-refractivity contribution in [3.05, 3.63) is 72.6 Å². The Morgan fingerprint density at radius 1 is 1.13 bits per heavy atom. The molecule has 3 aromatic heterocycles. The topological polar surface area (TPSA) is 88.8 Å². The molecule has 0 unspecified atom stereocenters. The fraction of sp³-hybridized carbons (Fsp3) is 0.217. The van der Waals surface area contributed by atoms with E-state index in [1.54, 1.807) is 29.1 Å². The maximum Gasteiger partial charge on any atom is 0.290 e. The number of amides is 2. The third-order valence-electron chi connectivity index (χ3n) is 6.04.